The highest BCUT2D eigenvalue weighted by atomic mass is 19.1. The highest BCUT2D eigenvalue weighted by Crippen LogP contribution is 2.32. The zero-order valence-electron chi connectivity index (χ0n) is 19.6. The van der Waals surface area contributed by atoms with E-state index in [4.69, 9.17) is 9.47 Å². The van der Waals surface area contributed by atoms with Gasteiger partial charge in [0.25, 0.3) is 11.8 Å². The number of hydrogen-bond donors (Lipinski definition) is 1. The average molecular weight is 467 g/mol. The number of amides is 2. The molecular weight excluding hydrogens is 439 g/mol. The lowest BCUT2D eigenvalue weighted by atomic mass is 10.0. The summed E-state index contributed by atoms with van der Waals surface area (Å²) in [5, 5.41) is 2.62. The minimum Gasteiger partial charge on any atom is -0.484 e. The van der Waals surface area contributed by atoms with Crippen molar-refractivity contribution in [2.24, 2.45) is 5.92 Å². The third-order valence-electron chi connectivity index (χ3n) is 5.14. The molecule has 2 aromatic rings. The van der Waals surface area contributed by atoms with E-state index in [1.807, 2.05) is 13.8 Å². The highest BCUT2D eigenvalue weighted by Gasteiger charge is 2.37. The van der Waals surface area contributed by atoms with Gasteiger partial charge < -0.3 is 19.7 Å². The molecule has 1 N–H and O–H groups in total. The molecule has 0 radical (unpaired) electrons. The van der Waals surface area contributed by atoms with Gasteiger partial charge in [-0.05, 0) is 60.9 Å². The van der Waals surface area contributed by atoms with Gasteiger partial charge in [0.05, 0.1) is 18.3 Å². The lowest BCUT2D eigenvalue weighted by Crippen LogP contribution is -2.28. The van der Waals surface area contributed by atoms with Crippen LogP contribution in [-0.2, 0) is 19.1 Å². The molecule has 0 spiro atoms. The smallest absolute Gasteiger partial charge is 0.340 e. The molecule has 0 atom stereocenters. The Bertz CT molecular complexity index is 1130. The molecule has 1 aliphatic rings. The normalized spacial score (nSPS) is 14.7. The summed E-state index contributed by atoms with van der Waals surface area (Å²) in [7, 11) is 1.29. The molecular formula is C26H27FN2O5. The lowest BCUT2D eigenvalue weighted by molar-refractivity contribution is -0.136. The van der Waals surface area contributed by atoms with Crippen molar-refractivity contribution in [3.8, 4) is 5.75 Å². The zero-order valence-corrected chi connectivity index (χ0v) is 19.6. The summed E-state index contributed by atoms with van der Waals surface area (Å²) < 4.78 is 23.4. The van der Waals surface area contributed by atoms with Crippen molar-refractivity contribution in [2.75, 3.05) is 25.6 Å². The lowest BCUT2D eigenvalue weighted by Gasteiger charge is -2.19. The van der Waals surface area contributed by atoms with Crippen molar-refractivity contribution < 1.29 is 28.2 Å². The summed E-state index contributed by atoms with van der Waals surface area (Å²) in [5.74, 6) is -0.896. The number of halogens is 1. The van der Waals surface area contributed by atoms with Gasteiger partial charge in [0.15, 0.2) is 6.61 Å². The van der Waals surface area contributed by atoms with Gasteiger partial charge in [-0.3, -0.25) is 9.59 Å². The van der Waals surface area contributed by atoms with Crippen LogP contribution in [0.3, 0.4) is 0 Å². The number of ether oxygens (including phenoxy) is 2. The molecule has 3 rings (SSSR count). The first-order valence-electron chi connectivity index (χ1n) is 10.8. The Kier molecular flexibility index (Phi) is 7.83. The van der Waals surface area contributed by atoms with Crippen molar-refractivity contribution in [1.29, 1.82) is 0 Å². The standard InChI is InChI=1S/C26H27FN2O5/c1-16(2)14-29-17(3)24(26(32)33-4)22(25(29)31)13-18-5-11-21(12-6-18)34-15-23(30)28-20-9-7-19(27)8-10-20/h5-13,16H,14-15H2,1-4H3,(H,28,30)/b22-13-. The summed E-state index contributed by atoms with van der Waals surface area (Å²) in [5.41, 5.74) is 2.26. The van der Waals surface area contributed by atoms with Crippen LogP contribution in [-0.4, -0.2) is 42.9 Å². The average Bonchev–Trinajstić information content (AvgIpc) is 3.03. The topological polar surface area (TPSA) is 84.9 Å². The van der Waals surface area contributed by atoms with E-state index in [2.05, 4.69) is 5.32 Å². The van der Waals surface area contributed by atoms with Gasteiger partial charge >= 0.3 is 5.97 Å². The summed E-state index contributed by atoms with van der Waals surface area (Å²) in [4.78, 5) is 39.0. The zero-order chi connectivity index (χ0) is 24.8. The van der Waals surface area contributed by atoms with E-state index in [1.54, 1.807) is 42.2 Å². The van der Waals surface area contributed by atoms with Crippen LogP contribution in [0, 0.1) is 11.7 Å². The number of nitrogens with zero attached hydrogens (tertiary/aromatic N) is 1. The summed E-state index contributed by atoms with van der Waals surface area (Å²) in [6, 6.07) is 12.2. The van der Waals surface area contributed by atoms with E-state index >= 15 is 0 Å². The van der Waals surface area contributed by atoms with Crippen LogP contribution in [0.5, 0.6) is 5.75 Å². The van der Waals surface area contributed by atoms with E-state index in [1.165, 1.54) is 31.4 Å². The Balaban J connectivity index is 1.70. The third-order valence-corrected chi connectivity index (χ3v) is 5.14. The quantitative estimate of drug-likeness (QED) is 0.466. The molecule has 0 saturated carbocycles. The molecule has 1 heterocycles. The minimum absolute atomic E-state index is 0.227. The molecule has 178 valence electrons. The summed E-state index contributed by atoms with van der Waals surface area (Å²) in [6.07, 6.45) is 1.64. The molecule has 2 aromatic carbocycles. The monoisotopic (exact) mass is 466 g/mol. The van der Waals surface area contributed by atoms with E-state index in [-0.39, 0.29) is 41.3 Å². The van der Waals surface area contributed by atoms with E-state index in [0.29, 0.717) is 29.2 Å². The molecule has 0 bridgehead atoms. The van der Waals surface area contributed by atoms with Crippen LogP contribution in [0.15, 0.2) is 65.4 Å². The number of methoxy groups -OCH3 is 1. The molecule has 2 amide bonds. The first-order valence-corrected chi connectivity index (χ1v) is 10.8. The first kappa shape index (κ1) is 24.7. The molecule has 8 heteroatoms. The summed E-state index contributed by atoms with van der Waals surface area (Å²) >= 11 is 0. The van der Waals surface area contributed by atoms with E-state index in [0.717, 1.165) is 0 Å². The molecule has 34 heavy (non-hydrogen) atoms. The summed E-state index contributed by atoms with van der Waals surface area (Å²) in [6.45, 7) is 6.00. The fourth-order valence-electron chi connectivity index (χ4n) is 3.52. The number of hydrogen-bond acceptors (Lipinski definition) is 5. The Morgan fingerprint density at radius 2 is 1.74 bits per heavy atom. The van der Waals surface area contributed by atoms with Crippen molar-refractivity contribution in [3.05, 3.63) is 76.8 Å². The first-order chi connectivity index (χ1) is 16.2. The van der Waals surface area contributed by atoms with Gasteiger partial charge in [0, 0.05) is 17.9 Å². The van der Waals surface area contributed by atoms with Gasteiger partial charge in [-0.25, -0.2) is 9.18 Å². The predicted molar refractivity (Wildman–Crippen MR) is 126 cm³/mol. The fourth-order valence-corrected chi connectivity index (χ4v) is 3.52. The Hall–Kier alpha value is -3.94. The number of allylic oxidation sites excluding steroid dienone is 1. The van der Waals surface area contributed by atoms with Gasteiger partial charge in [-0.15, -0.1) is 0 Å². The SMILES string of the molecule is COC(=O)C1=C(C)N(CC(C)C)C(=O)/C1=C\c1ccc(OCC(=O)Nc2ccc(F)cc2)cc1. The molecule has 7 nitrogen and oxygen atoms in total. The van der Waals surface area contributed by atoms with E-state index < -0.39 is 5.97 Å². The number of benzene rings is 2. The number of esters is 1. The van der Waals surface area contributed by atoms with Crippen molar-refractivity contribution in [1.82, 2.24) is 4.90 Å². The maximum atomic E-state index is 13.0. The van der Waals surface area contributed by atoms with Crippen LogP contribution >= 0.6 is 0 Å². The Morgan fingerprint density at radius 3 is 2.32 bits per heavy atom. The van der Waals surface area contributed by atoms with Crippen LogP contribution in [0.2, 0.25) is 0 Å². The number of carbonyl (C=O) groups is 3. The molecule has 0 unspecified atom stereocenters. The maximum absolute atomic E-state index is 13.0. The minimum atomic E-state index is -0.560. The van der Waals surface area contributed by atoms with Crippen molar-refractivity contribution >= 4 is 29.5 Å². The van der Waals surface area contributed by atoms with Crippen LogP contribution in [0.4, 0.5) is 10.1 Å². The van der Waals surface area contributed by atoms with Gasteiger partial charge in [-0.2, -0.15) is 0 Å². The second-order valence-electron chi connectivity index (χ2n) is 8.23. The number of nitrogens with one attached hydrogen (secondary N) is 1. The molecule has 0 fully saturated rings. The van der Waals surface area contributed by atoms with Crippen molar-refractivity contribution in [3.63, 3.8) is 0 Å². The van der Waals surface area contributed by atoms with E-state index in [9.17, 15) is 18.8 Å². The second-order valence-corrected chi connectivity index (χ2v) is 8.23. The Labute approximate surface area is 197 Å². The number of anilines is 1. The predicted octanol–water partition coefficient (Wildman–Crippen LogP) is 4.17. The van der Waals surface area contributed by atoms with Gasteiger partial charge in [-0.1, -0.05) is 26.0 Å². The Morgan fingerprint density at radius 1 is 1.09 bits per heavy atom. The molecule has 1 aliphatic heterocycles. The maximum Gasteiger partial charge on any atom is 0.340 e. The van der Waals surface area contributed by atoms with Crippen LogP contribution in [0.1, 0.15) is 26.3 Å². The van der Waals surface area contributed by atoms with Gasteiger partial charge in [0.2, 0.25) is 0 Å². The largest absolute Gasteiger partial charge is 0.484 e. The third kappa shape index (κ3) is 5.89. The fraction of sp³-hybridized carbons (Fsp3) is 0.269. The number of rotatable bonds is 8. The molecule has 0 saturated heterocycles. The number of carbonyl (C=O) groups excluding carboxylic acids is 3. The van der Waals surface area contributed by atoms with Crippen molar-refractivity contribution in [2.45, 2.75) is 20.8 Å². The molecule has 0 aromatic heterocycles. The molecule has 0 aliphatic carbocycles. The highest BCUT2D eigenvalue weighted by molar-refractivity contribution is 6.16. The van der Waals surface area contributed by atoms with Crippen LogP contribution < -0.4 is 10.1 Å². The van der Waals surface area contributed by atoms with Crippen LogP contribution in [0.25, 0.3) is 6.08 Å². The second kappa shape index (κ2) is 10.8. The van der Waals surface area contributed by atoms with Gasteiger partial charge in [0.1, 0.15) is 11.6 Å².